The third-order valence-electron chi connectivity index (χ3n) is 3.71. The van der Waals surface area contributed by atoms with Gasteiger partial charge in [-0.3, -0.25) is 0 Å². The molecule has 0 aliphatic rings. The molecule has 0 radical (unpaired) electrons. The summed E-state index contributed by atoms with van der Waals surface area (Å²) in [5.41, 5.74) is -0.0722. The first-order chi connectivity index (χ1) is 8.03. The minimum atomic E-state index is -0.0722. The van der Waals surface area contributed by atoms with Gasteiger partial charge in [0.05, 0.1) is 6.61 Å². The molecule has 0 rings (SSSR count). The summed E-state index contributed by atoms with van der Waals surface area (Å²) in [6.45, 7) is 12.6. The van der Waals surface area contributed by atoms with Crippen molar-refractivity contribution in [3.8, 4) is 0 Å². The molecule has 0 aromatic heterocycles. The van der Waals surface area contributed by atoms with Gasteiger partial charge in [-0.25, -0.2) is 0 Å². The van der Waals surface area contributed by atoms with Crippen LogP contribution in [0.2, 0.25) is 0 Å². The van der Waals surface area contributed by atoms with Gasteiger partial charge in [-0.2, -0.15) is 0 Å². The Bertz CT molecular complexity index is 171. The predicted molar refractivity (Wildman–Crippen MR) is 75.4 cm³/mol. The minimum absolute atomic E-state index is 0.0722. The van der Waals surface area contributed by atoms with Gasteiger partial charge < -0.3 is 15.3 Å². The molecule has 0 fully saturated rings. The number of aliphatic hydroxyl groups is 1. The zero-order valence-electron chi connectivity index (χ0n) is 12.4. The molecule has 0 amide bonds. The fraction of sp³-hybridized carbons (Fsp3) is 1.00. The molecular weight excluding hydrogens is 212 g/mol. The van der Waals surface area contributed by atoms with E-state index < -0.39 is 0 Å². The Labute approximate surface area is 108 Å². The first-order valence-electron chi connectivity index (χ1n) is 7.05. The zero-order chi connectivity index (χ0) is 13.3. The second-order valence-electron chi connectivity index (χ2n) is 5.43. The monoisotopic (exact) mass is 244 g/mol. The highest BCUT2D eigenvalue weighted by atomic mass is 16.3. The van der Waals surface area contributed by atoms with E-state index >= 15 is 0 Å². The van der Waals surface area contributed by atoms with Crippen LogP contribution >= 0.6 is 0 Å². The van der Waals surface area contributed by atoms with Crippen molar-refractivity contribution in [3.05, 3.63) is 0 Å². The lowest BCUT2D eigenvalue weighted by molar-refractivity contribution is 0.144. The van der Waals surface area contributed by atoms with Crippen LogP contribution in [0.4, 0.5) is 0 Å². The number of rotatable bonds is 10. The standard InChI is InChI=1S/C14H32N2O/c1-6-14(12-17,15-5)9-8-10-16(7-2)11-13(3)4/h13,15,17H,6-12H2,1-5H3. The van der Waals surface area contributed by atoms with Crippen LogP contribution in [-0.2, 0) is 0 Å². The van der Waals surface area contributed by atoms with Crippen molar-refractivity contribution < 1.29 is 5.11 Å². The van der Waals surface area contributed by atoms with Crippen LogP contribution in [-0.4, -0.2) is 48.8 Å². The summed E-state index contributed by atoms with van der Waals surface area (Å²) >= 11 is 0. The molecule has 104 valence electrons. The molecule has 1 atom stereocenters. The highest BCUT2D eigenvalue weighted by Crippen LogP contribution is 2.16. The van der Waals surface area contributed by atoms with Crippen LogP contribution in [0.25, 0.3) is 0 Å². The van der Waals surface area contributed by atoms with Crippen molar-refractivity contribution in [1.29, 1.82) is 0 Å². The number of hydrogen-bond donors (Lipinski definition) is 2. The maximum Gasteiger partial charge on any atom is 0.0613 e. The topological polar surface area (TPSA) is 35.5 Å². The first kappa shape index (κ1) is 16.9. The molecule has 0 spiro atoms. The highest BCUT2D eigenvalue weighted by molar-refractivity contribution is 4.84. The van der Waals surface area contributed by atoms with Gasteiger partial charge in [-0.1, -0.05) is 27.7 Å². The van der Waals surface area contributed by atoms with Crippen molar-refractivity contribution in [2.75, 3.05) is 33.3 Å². The van der Waals surface area contributed by atoms with Gasteiger partial charge in [-0.15, -0.1) is 0 Å². The number of nitrogens with zero attached hydrogens (tertiary/aromatic N) is 1. The van der Waals surface area contributed by atoms with Crippen molar-refractivity contribution >= 4 is 0 Å². The summed E-state index contributed by atoms with van der Waals surface area (Å²) in [5, 5.41) is 12.7. The van der Waals surface area contributed by atoms with Gasteiger partial charge in [-0.05, 0) is 45.3 Å². The number of nitrogens with one attached hydrogen (secondary N) is 1. The van der Waals surface area contributed by atoms with Gasteiger partial charge in [0, 0.05) is 12.1 Å². The molecule has 0 aromatic rings. The largest absolute Gasteiger partial charge is 0.394 e. The van der Waals surface area contributed by atoms with Crippen LogP contribution in [0.5, 0.6) is 0 Å². The lowest BCUT2D eigenvalue weighted by Gasteiger charge is -2.31. The van der Waals surface area contributed by atoms with Crippen molar-refractivity contribution in [1.82, 2.24) is 10.2 Å². The van der Waals surface area contributed by atoms with Gasteiger partial charge in [0.2, 0.25) is 0 Å². The van der Waals surface area contributed by atoms with Crippen molar-refractivity contribution in [2.45, 2.75) is 52.5 Å². The molecule has 1 unspecified atom stereocenters. The molecule has 17 heavy (non-hydrogen) atoms. The Balaban J connectivity index is 4.01. The summed E-state index contributed by atoms with van der Waals surface area (Å²) < 4.78 is 0. The highest BCUT2D eigenvalue weighted by Gasteiger charge is 2.24. The van der Waals surface area contributed by atoms with Crippen molar-refractivity contribution in [2.24, 2.45) is 5.92 Å². The van der Waals surface area contributed by atoms with E-state index in [0.717, 1.165) is 38.3 Å². The molecule has 0 saturated carbocycles. The number of hydrogen-bond acceptors (Lipinski definition) is 3. The molecular formula is C14H32N2O. The van der Waals surface area contributed by atoms with Gasteiger partial charge in [0.1, 0.15) is 0 Å². The predicted octanol–water partition coefficient (Wildman–Crippen LogP) is 2.10. The fourth-order valence-electron chi connectivity index (χ4n) is 2.28. The van der Waals surface area contributed by atoms with Crippen LogP contribution < -0.4 is 5.32 Å². The quantitative estimate of drug-likeness (QED) is 0.618. The minimum Gasteiger partial charge on any atom is -0.394 e. The first-order valence-corrected chi connectivity index (χ1v) is 7.05. The zero-order valence-corrected chi connectivity index (χ0v) is 12.4. The van der Waals surface area contributed by atoms with Crippen LogP contribution in [0.3, 0.4) is 0 Å². The van der Waals surface area contributed by atoms with E-state index in [1.54, 1.807) is 0 Å². The molecule has 0 bridgehead atoms. The van der Waals surface area contributed by atoms with E-state index in [-0.39, 0.29) is 12.1 Å². The van der Waals surface area contributed by atoms with Crippen LogP contribution in [0.15, 0.2) is 0 Å². The maximum atomic E-state index is 9.47. The van der Waals surface area contributed by atoms with E-state index in [1.807, 2.05) is 7.05 Å². The molecule has 0 saturated heterocycles. The Morgan fingerprint density at radius 2 is 1.94 bits per heavy atom. The maximum absolute atomic E-state index is 9.47. The lowest BCUT2D eigenvalue weighted by Crippen LogP contribution is -2.46. The summed E-state index contributed by atoms with van der Waals surface area (Å²) in [4.78, 5) is 2.50. The average molecular weight is 244 g/mol. The molecule has 0 aliphatic carbocycles. The Morgan fingerprint density at radius 1 is 1.29 bits per heavy atom. The van der Waals surface area contributed by atoms with Crippen LogP contribution in [0.1, 0.15) is 47.0 Å². The number of aliphatic hydroxyl groups excluding tert-OH is 1. The van der Waals surface area contributed by atoms with Gasteiger partial charge in [0.15, 0.2) is 0 Å². The summed E-state index contributed by atoms with van der Waals surface area (Å²) in [5.74, 6) is 0.730. The summed E-state index contributed by atoms with van der Waals surface area (Å²) in [7, 11) is 1.95. The summed E-state index contributed by atoms with van der Waals surface area (Å²) in [6, 6.07) is 0. The Kier molecular flexibility index (Phi) is 8.83. The van der Waals surface area contributed by atoms with Crippen LogP contribution in [0, 0.1) is 5.92 Å². The Hall–Kier alpha value is -0.120. The number of likely N-dealkylation sites (N-methyl/N-ethyl adjacent to an activating group) is 1. The molecule has 0 aromatic carbocycles. The Morgan fingerprint density at radius 3 is 2.29 bits per heavy atom. The molecule has 3 heteroatoms. The van der Waals surface area contributed by atoms with E-state index in [4.69, 9.17) is 0 Å². The van der Waals surface area contributed by atoms with E-state index in [1.165, 1.54) is 6.54 Å². The van der Waals surface area contributed by atoms with Gasteiger partial charge in [0.25, 0.3) is 0 Å². The molecule has 0 aliphatic heterocycles. The van der Waals surface area contributed by atoms with Gasteiger partial charge >= 0.3 is 0 Å². The van der Waals surface area contributed by atoms with Crippen molar-refractivity contribution in [3.63, 3.8) is 0 Å². The lowest BCUT2D eigenvalue weighted by atomic mass is 9.91. The van der Waals surface area contributed by atoms with E-state index in [2.05, 4.69) is 37.9 Å². The normalized spacial score (nSPS) is 15.5. The van der Waals surface area contributed by atoms with E-state index in [9.17, 15) is 5.11 Å². The second kappa shape index (κ2) is 8.90. The average Bonchev–Trinajstić information content (AvgIpc) is 2.33. The third kappa shape index (κ3) is 6.39. The SMILES string of the molecule is CCN(CCCC(CC)(CO)NC)CC(C)C. The second-order valence-corrected chi connectivity index (χ2v) is 5.43. The smallest absolute Gasteiger partial charge is 0.0613 e. The third-order valence-corrected chi connectivity index (χ3v) is 3.71. The summed E-state index contributed by atoms with van der Waals surface area (Å²) in [6.07, 6.45) is 3.18. The molecule has 0 heterocycles. The molecule has 3 nitrogen and oxygen atoms in total. The van der Waals surface area contributed by atoms with E-state index in [0.29, 0.717) is 0 Å². The fourth-order valence-corrected chi connectivity index (χ4v) is 2.28. The molecule has 2 N–H and O–H groups in total.